The Morgan fingerprint density at radius 1 is 1.28 bits per heavy atom. The van der Waals surface area contributed by atoms with Gasteiger partial charge >= 0.3 is 0 Å². The summed E-state index contributed by atoms with van der Waals surface area (Å²) in [7, 11) is 1.89. The van der Waals surface area contributed by atoms with Gasteiger partial charge in [0.1, 0.15) is 0 Å². The van der Waals surface area contributed by atoms with E-state index < -0.39 is 0 Å². The number of amides is 1. The quantitative estimate of drug-likeness (QED) is 0.577. The van der Waals surface area contributed by atoms with Crippen LogP contribution in [-0.4, -0.2) is 51.3 Å². The number of imidazole rings is 1. The van der Waals surface area contributed by atoms with Crippen LogP contribution in [-0.2, 0) is 13.0 Å². The Bertz CT molecular complexity index is 948. The molecule has 4 rings (SSSR count). The first-order valence-corrected chi connectivity index (χ1v) is 11.5. The van der Waals surface area contributed by atoms with Gasteiger partial charge in [-0.25, -0.2) is 4.98 Å². The zero-order valence-corrected chi connectivity index (χ0v) is 18.2. The maximum atomic E-state index is 13.3. The third kappa shape index (κ3) is 4.38. The summed E-state index contributed by atoms with van der Waals surface area (Å²) in [5, 5.41) is 2.05. The van der Waals surface area contributed by atoms with Crippen molar-refractivity contribution in [3.63, 3.8) is 0 Å². The Labute approximate surface area is 177 Å². The number of fused-ring (bicyclic) bond motifs is 1. The summed E-state index contributed by atoms with van der Waals surface area (Å²) in [5.41, 5.74) is 2.91. The molecule has 3 aromatic rings. The SMILES string of the molecule is CC[C@@H]1CCCCN1Cc1c(C(=O)N(C)CCc2ccccc2)nc2sccn12. The van der Waals surface area contributed by atoms with Crippen molar-refractivity contribution in [2.45, 2.75) is 51.6 Å². The lowest BCUT2D eigenvalue weighted by atomic mass is 9.99. The molecule has 1 fully saturated rings. The van der Waals surface area contributed by atoms with E-state index in [2.05, 4.69) is 28.4 Å². The number of carbonyl (C=O) groups excluding carboxylic acids is 1. The first-order chi connectivity index (χ1) is 14.2. The van der Waals surface area contributed by atoms with Gasteiger partial charge in [0, 0.05) is 37.8 Å². The molecule has 0 radical (unpaired) electrons. The lowest BCUT2D eigenvalue weighted by Crippen LogP contribution is -2.39. The van der Waals surface area contributed by atoms with Crippen LogP contribution in [0.3, 0.4) is 0 Å². The Kier molecular flexibility index (Phi) is 6.31. The first kappa shape index (κ1) is 20.1. The van der Waals surface area contributed by atoms with Crippen molar-refractivity contribution in [2.75, 3.05) is 20.1 Å². The van der Waals surface area contributed by atoms with E-state index in [1.54, 1.807) is 11.3 Å². The third-order valence-electron chi connectivity index (χ3n) is 6.06. The average molecular weight is 411 g/mol. The number of piperidine rings is 1. The summed E-state index contributed by atoms with van der Waals surface area (Å²) in [5.74, 6) is 0.0249. The fourth-order valence-electron chi connectivity index (χ4n) is 4.30. The van der Waals surface area contributed by atoms with E-state index in [4.69, 9.17) is 4.98 Å². The second-order valence-corrected chi connectivity index (χ2v) is 8.83. The fourth-order valence-corrected chi connectivity index (χ4v) is 5.03. The lowest BCUT2D eigenvalue weighted by molar-refractivity contribution is 0.0786. The second kappa shape index (κ2) is 9.09. The van der Waals surface area contributed by atoms with E-state index in [1.165, 1.54) is 24.8 Å². The van der Waals surface area contributed by atoms with Crippen molar-refractivity contribution in [3.8, 4) is 0 Å². The summed E-state index contributed by atoms with van der Waals surface area (Å²) in [4.78, 5) is 23.3. The molecular weight excluding hydrogens is 380 g/mol. The molecule has 1 aliphatic rings. The highest BCUT2D eigenvalue weighted by molar-refractivity contribution is 7.15. The van der Waals surface area contributed by atoms with Gasteiger partial charge in [0.05, 0.1) is 5.69 Å². The molecule has 0 N–H and O–H groups in total. The molecule has 5 nitrogen and oxygen atoms in total. The maximum Gasteiger partial charge on any atom is 0.274 e. The molecule has 0 spiro atoms. The van der Waals surface area contributed by atoms with Crippen molar-refractivity contribution in [2.24, 2.45) is 0 Å². The summed E-state index contributed by atoms with van der Waals surface area (Å²) in [6.07, 6.45) is 7.86. The number of thiazole rings is 1. The molecule has 3 heterocycles. The van der Waals surface area contributed by atoms with Gasteiger partial charge in [-0.2, -0.15) is 0 Å². The van der Waals surface area contributed by atoms with Crippen LogP contribution in [0.4, 0.5) is 0 Å². The molecule has 0 aliphatic carbocycles. The van der Waals surface area contributed by atoms with Gasteiger partial charge in [-0.05, 0) is 37.8 Å². The monoisotopic (exact) mass is 410 g/mol. The van der Waals surface area contributed by atoms with E-state index in [9.17, 15) is 4.79 Å². The minimum absolute atomic E-state index is 0.0249. The van der Waals surface area contributed by atoms with Crippen LogP contribution in [0, 0.1) is 0 Å². The highest BCUT2D eigenvalue weighted by atomic mass is 32.1. The first-order valence-electron chi connectivity index (χ1n) is 10.6. The summed E-state index contributed by atoms with van der Waals surface area (Å²) in [6, 6.07) is 10.9. The largest absolute Gasteiger partial charge is 0.340 e. The average Bonchev–Trinajstić information content (AvgIpc) is 3.35. The van der Waals surface area contributed by atoms with Gasteiger partial charge in [-0.1, -0.05) is 43.7 Å². The van der Waals surface area contributed by atoms with Crippen molar-refractivity contribution >= 4 is 22.2 Å². The predicted octanol–water partition coefficient (Wildman–Crippen LogP) is 4.48. The summed E-state index contributed by atoms with van der Waals surface area (Å²) < 4.78 is 2.12. The standard InChI is InChI=1S/C23H30N4OS/c1-3-19-11-7-8-13-26(19)17-20-21(24-23-27(20)15-16-29-23)22(28)25(2)14-12-18-9-5-4-6-10-18/h4-6,9-10,15-16,19H,3,7-8,11-14,17H2,1-2H3/t19-/m1/s1. The van der Waals surface area contributed by atoms with Gasteiger partial charge in [0.15, 0.2) is 10.7 Å². The summed E-state index contributed by atoms with van der Waals surface area (Å²) in [6.45, 7) is 4.86. The number of hydrogen-bond donors (Lipinski definition) is 0. The number of likely N-dealkylation sites (tertiary alicyclic amines) is 1. The third-order valence-corrected chi connectivity index (χ3v) is 6.82. The van der Waals surface area contributed by atoms with Crippen LogP contribution in [0.15, 0.2) is 41.9 Å². The number of likely N-dealkylation sites (N-methyl/N-ethyl adjacent to an activating group) is 1. The van der Waals surface area contributed by atoms with Crippen molar-refractivity contribution in [3.05, 3.63) is 58.9 Å². The van der Waals surface area contributed by atoms with Gasteiger partial charge in [-0.3, -0.25) is 14.1 Å². The Morgan fingerprint density at radius 3 is 2.90 bits per heavy atom. The highest BCUT2D eigenvalue weighted by Gasteiger charge is 2.27. The Hall–Kier alpha value is -2.18. The van der Waals surface area contributed by atoms with Crippen LogP contribution >= 0.6 is 11.3 Å². The predicted molar refractivity (Wildman–Crippen MR) is 119 cm³/mol. The van der Waals surface area contributed by atoms with E-state index in [0.717, 1.165) is 36.6 Å². The van der Waals surface area contributed by atoms with E-state index in [1.807, 2.05) is 41.7 Å². The van der Waals surface area contributed by atoms with Crippen molar-refractivity contribution in [1.29, 1.82) is 0 Å². The lowest BCUT2D eigenvalue weighted by Gasteiger charge is -2.35. The molecule has 1 amide bonds. The molecule has 2 aromatic heterocycles. The molecule has 0 unspecified atom stereocenters. The minimum atomic E-state index is 0.0249. The van der Waals surface area contributed by atoms with Crippen LogP contribution in [0.1, 0.15) is 54.4 Å². The van der Waals surface area contributed by atoms with Gasteiger partial charge in [0.25, 0.3) is 5.91 Å². The molecular formula is C23H30N4OS. The fraction of sp³-hybridized carbons (Fsp3) is 0.478. The number of hydrogen-bond acceptors (Lipinski definition) is 4. The van der Waals surface area contributed by atoms with Crippen molar-refractivity contribution in [1.82, 2.24) is 19.2 Å². The molecule has 1 saturated heterocycles. The van der Waals surface area contributed by atoms with E-state index in [0.29, 0.717) is 18.3 Å². The Balaban J connectivity index is 1.54. The topological polar surface area (TPSA) is 40.9 Å². The highest BCUT2D eigenvalue weighted by Crippen LogP contribution is 2.25. The van der Waals surface area contributed by atoms with Crippen LogP contribution in [0.25, 0.3) is 4.96 Å². The van der Waals surface area contributed by atoms with Crippen LogP contribution in [0.2, 0.25) is 0 Å². The molecule has 0 bridgehead atoms. The van der Waals surface area contributed by atoms with Crippen molar-refractivity contribution < 1.29 is 4.79 Å². The van der Waals surface area contributed by atoms with Gasteiger partial charge in [0.2, 0.25) is 0 Å². The smallest absolute Gasteiger partial charge is 0.274 e. The molecule has 6 heteroatoms. The van der Waals surface area contributed by atoms with E-state index >= 15 is 0 Å². The van der Waals surface area contributed by atoms with Crippen LogP contribution in [0.5, 0.6) is 0 Å². The molecule has 1 atom stereocenters. The zero-order valence-electron chi connectivity index (χ0n) is 17.4. The number of carbonyl (C=O) groups is 1. The molecule has 154 valence electrons. The van der Waals surface area contributed by atoms with Crippen LogP contribution < -0.4 is 0 Å². The second-order valence-electron chi connectivity index (χ2n) is 7.95. The number of benzene rings is 1. The normalized spacial score (nSPS) is 17.7. The Morgan fingerprint density at radius 2 is 2.10 bits per heavy atom. The maximum absolute atomic E-state index is 13.3. The molecule has 29 heavy (non-hydrogen) atoms. The summed E-state index contributed by atoms with van der Waals surface area (Å²) >= 11 is 1.59. The molecule has 0 saturated carbocycles. The molecule has 1 aromatic carbocycles. The van der Waals surface area contributed by atoms with Gasteiger partial charge in [-0.15, -0.1) is 11.3 Å². The van der Waals surface area contributed by atoms with E-state index in [-0.39, 0.29) is 5.91 Å². The molecule has 1 aliphatic heterocycles. The number of rotatable bonds is 7. The minimum Gasteiger partial charge on any atom is -0.340 e. The number of aromatic nitrogens is 2. The van der Waals surface area contributed by atoms with Gasteiger partial charge < -0.3 is 4.90 Å². The number of nitrogens with zero attached hydrogens (tertiary/aromatic N) is 4. The zero-order chi connectivity index (χ0) is 20.2.